The minimum absolute atomic E-state index is 0.0735. The molecule has 3 nitrogen and oxygen atoms in total. The van der Waals surface area contributed by atoms with Gasteiger partial charge in [0.15, 0.2) is 0 Å². The summed E-state index contributed by atoms with van der Waals surface area (Å²) in [5.41, 5.74) is 4.04. The van der Waals surface area contributed by atoms with E-state index in [-0.39, 0.29) is 11.0 Å². The molecule has 3 heteroatoms. The van der Waals surface area contributed by atoms with E-state index in [0.29, 0.717) is 12.2 Å². The van der Waals surface area contributed by atoms with E-state index in [2.05, 4.69) is 32.9 Å². The predicted octanol–water partition coefficient (Wildman–Crippen LogP) is 5.32. The lowest BCUT2D eigenvalue weighted by molar-refractivity contribution is -0.130. The first-order valence-electron chi connectivity index (χ1n) is 8.51. The minimum Gasteiger partial charge on any atom is -0.494 e. The van der Waals surface area contributed by atoms with Gasteiger partial charge in [-0.05, 0) is 59.7 Å². The van der Waals surface area contributed by atoms with Crippen molar-refractivity contribution in [3.8, 4) is 5.75 Å². The highest BCUT2D eigenvalue weighted by Crippen LogP contribution is 2.27. The molecule has 0 amide bonds. The molecule has 0 saturated carbocycles. The van der Waals surface area contributed by atoms with Crippen LogP contribution in [0.15, 0.2) is 42.5 Å². The molecule has 0 aliphatic rings. The Hall–Kier alpha value is -2.55. The van der Waals surface area contributed by atoms with Crippen molar-refractivity contribution in [1.29, 1.82) is 0 Å². The Kier molecular flexibility index (Phi) is 5.68. The SMILES string of the molecule is CCOc1ccc(/C(=C/c2ccc(C(C)(C)C)cc2)C(=O)O)cc1C. The molecule has 25 heavy (non-hydrogen) atoms. The van der Waals surface area contributed by atoms with Gasteiger partial charge in [-0.1, -0.05) is 51.1 Å². The topological polar surface area (TPSA) is 46.5 Å². The molecule has 0 heterocycles. The molecule has 0 fully saturated rings. The standard InChI is InChI=1S/C22H26O3/c1-6-25-20-12-9-17(13-15(20)2)19(21(23)24)14-16-7-10-18(11-8-16)22(3,4)5/h7-14H,6H2,1-5H3,(H,23,24)/b19-14-. The maximum Gasteiger partial charge on any atom is 0.336 e. The lowest BCUT2D eigenvalue weighted by Crippen LogP contribution is -2.10. The monoisotopic (exact) mass is 338 g/mol. The van der Waals surface area contributed by atoms with Crippen molar-refractivity contribution in [1.82, 2.24) is 0 Å². The third kappa shape index (κ3) is 4.72. The molecule has 0 unspecified atom stereocenters. The molecule has 2 aromatic rings. The average molecular weight is 338 g/mol. The molecule has 0 radical (unpaired) electrons. The fourth-order valence-corrected chi connectivity index (χ4v) is 2.65. The Bertz CT molecular complexity index is 778. The maximum atomic E-state index is 11.8. The normalized spacial score (nSPS) is 12.1. The summed E-state index contributed by atoms with van der Waals surface area (Å²) in [6.07, 6.45) is 1.71. The molecule has 0 aromatic heterocycles. The van der Waals surface area contributed by atoms with Crippen molar-refractivity contribution in [3.63, 3.8) is 0 Å². The zero-order valence-corrected chi connectivity index (χ0v) is 15.6. The van der Waals surface area contributed by atoms with Gasteiger partial charge in [-0.25, -0.2) is 4.79 Å². The summed E-state index contributed by atoms with van der Waals surface area (Å²) in [7, 11) is 0. The van der Waals surface area contributed by atoms with Gasteiger partial charge in [-0.15, -0.1) is 0 Å². The second kappa shape index (κ2) is 7.56. The van der Waals surface area contributed by atoms with Crippen molar-refractivity contribution in [2.45, 2.75) is 40.0 Å². The Morgan fingerprint density at radius 2 is 1.76 bits per heavy atom. The maximum absolute atomic E-state index is 11.8. The summed E-state index contributed by atoms with van der Waals surface area (Å²) >= 11 is 0. The fraction of sp³-hybridized carbons (Fsp3) is 0.318. The number of ether oxygens (including phenoxy) is 1. The lowest BCUT2D eigenvalue weighted by Gasteiger charge is -2.18. The number of hydrogen-bond donors (Lipinski definition) is 1. The summed E-state index contributed by atoms with van der Waals surface area (Å²) in [6.45, 7) is 10.9. The van der Waals surface area contributed by atoms with Gasteiger partial charge in [0.2, 0.25) is 0 Å². The zero-order chi connectivity index (χ0) is 18.6. The Morgan fingerprint density at radius 1 is 1.12 bits per heavy atom. The number of rotatable bonds is 5. The van der Waals surface area contributed by atoms with Gasteiger partial charge in [-0.3, -0.25) is 0 Å². The molecule has 0 atom stereocenters. The highest BCUT2D eigenvalue weighted by molar-refractivity contribution is 6.20. The second-order valence-electron chi connectivity index (χ2n) is 7.15. The smallest absolute Gasteiger partial charge is 0.336 e. The van der Waals surface area contributed by atoms with Crippen molar-refractivity contribution >= 4 is 17.6 Å². The lowest BCUT2D eigenvalue weighted by atomic mass is 9.86. The Morgan fingerprint density at radius 3 is 2.24 bits per heavy atom. The molecule has 132 valence electrons. The summed E-state index contributed by atoms with van der Waals surface area (Å²) in [4.78, 5) is 11.8. The highest BCUT2D eigenvalue weighted by atomic mass is 16.5. The van der Waals surface area contributed by atoms with Gasteiger partial charge in [0.05, 0.1) is 12.2 Å². The van der Waals surface area contributed by atoms with Crippen LogP contribution in [0.4, 0.5) is 0 Å². The van der Waals surface area contributed by atoms with Gasteiger partial charge in [0.1, 0.15) is 5.75 Å². The van der Waals surface area contributed by atoms with E-state index in [4.69, 9.17) is 4.74 Å². The van der Waals surface area contributed by atoms with Crippen LogP contribution < -0.4 is 4.74 Å². The van der Waals surface area contributed by atoms with E-state index < -0.39 is 5.97 Å². The first-order valence-corrected chi connectivity index (χ1v) is 8.51. The van der Waals surface area contributed by atoms with Crippen molar-refractivity contribution in [2.24, 2.45) is 0 Å². The van der Waals surface area contributed by atoms with E-state index in [0.717, 1.165) is 16.9 Å². The van der Waals surface area contributed by atoms with Gasteiger partial charge in [-0.2, -0.15) is 0 Å². The van der Waals surface area contributed by atoms with E-state index in [1.54, 1.807) is 12.1 Å². The van der Waals surface area contributed by atoms with Gasteiger partial charge < -0.3 is 9.84 Å². The first-order chi connectivity index (χ1) is 11.7. The number of carbonyl (C=O) groups is 1. The second-order valence-corrected chi connectivity index (χ2v) is 7.15. The number of aliphatic carboxylic acids is 1. The molecule has 0 bridgehead atoms. The van der Waals surface area contributed by atoms with Crippen LogP contribution in [0.25, 0.3) is 11.6 Å². The number of benzene rings is 2. The molecule has 2 aromatic carbocycles. The highest BCUT2D eigenvalue weighted by Gasteiger charge is 2.14. The van der Waals surface area contributed by atoms with Crippen LogP contribution in [-0.4, -0.2) is 17.7 Å². The van der Waals surface area contributed by atoms with Crippen LogP contribution in [0.1, 0.15) is 49.9 Å². The van der Waals surface area contributed by atoms with Crippen LogP contribution in [0, 0.1) is 6.92 Å². The number of hydrogen-bond acceptors (Lipinski definition) is 2. The third-order valence-electron chi connectivity index (χ3n) is 4.10. The molecular weight excluding hydrogens is 312 g/mol. The Balaban J connectivity index is 2.39. The number of aryl methyl sites for hydroxylation is 1. The Labute approximate surface area is 150 Å². The molecule has 0 aliphatic carbocycles. The number of carboxylic acid groups (broad SMARTS) is 1. The largest absolute Gasteiger partial charge is 0.494 e. The van der Waals surface area contributed by atoms with Crippen molar-refractivity contribution in [2.75, 3.05) is 6.61 Å². The quantitative estimate of drug-likeness (QED) is 0.593. The van der Waals surface area contributed by atoms with Crippen LogP contribution in [-0.2, 0) is 10.2 Å². The van der Waals surface area contributed by atoms with E-state index in [9.17, 15) is 9.90 Å². The van der Waals surface area contributed by atoms with Crippen LogP contribution in [0.3, 0.4) is 0 Å². The van der Waals surface area contributed by atoms with Crippen LogP contribution in [0.5, 0.6) is 5.75 Å². The summed E-state index contributed by atoms with van der Waals surface area (Å²) < 4.78 is 5.53. The molecule has 2 rings (SSSR count). The molecule has 0 spiro atoms. The van der Waals surface area contributed by atoms with Gasteiger partial charge in [0, 0.05) is 0 Å². The average Bonchev–Trinajstić information content (AvgIpc) is 2.54. The van der Waals surface area contributed by atoms with Crippen LogP contribution >= 0.6 is 0 Å². The van der Waals surface area contributed by atoms with Gasteiger partial charge >= 0.3 is 5.97 Å². The van der Waals surface area contributed by atoms with Crippen LogP contribution in [0.2, 0.25) is 0 Å². The number of carboxylic acids is 1. The van der Waals surface area contributed by atoms with E-state index in [1.165, 1.54) is 5.56 Å². The summed E-state index contributed by atoms with van der Waals surface area (Å²) in [5, 5.41) is 9.64. The summed E-state index contributed by atoms with van der Waals surface area (Å²) in [6, 6.07) is 13.5. The first kappa shape index (κ1) is 18.8. The van der Waals surface area contributed by atoms with Crippen molar-refractivity contribution in [3.05, 3.63) is 64.7 Å². The molecule has 1 N–H and O–H groups in total. The third-order valence-corrected chi connectivity index (χ3v) is 4.10. The van der Waals surface area contributed by atoms with Crippen molar-refractivity contribution < 1.29 is 14.6 Å². The summed E-state index contributed by atoms with van der Waals surface area (Å²) in [5.74, 6) is -0.158. The predicted molar refractivity (Wildman–Crippen MR) is 103 cm³/mol. The van der Waals surface area contributed by atoms with E-state index in [1.807, 2.05) is 38.1 Å². The molecular formula is C22H26O3. The zero-order valence-electron chi connectivity index (χ0n) is 15.6. The van der Waals surface area contributed by atoms with E-state index >= 15 is 0 Å². The van der Waals surface area contributed by atoms with Gasteiger partial charge in [0.25, 0.3) is 0 Å². The molecule has 0 saturated heterocycles. The minimum atomic E-state index is -0.941. The fourth-order valence-electron chi connectivity index (χ4n) is 2.65. The molecule has 0 aliphatic heterocycles.